The van der Waals surface area contributed by atoms with Gasteiger partial charge in [-0.05, 0) is 10.8 Å². The third-order valence-corrected chi connectivity index (χ3v) is 4.08. The molecule has 0 radical (unpaired) electrons. The van der Waals surface area contributed by atoms with Gasteiger partial charge in [-0.25, -0.2) is 4.79 Å². The molecule has 1 rings (SSSR count). The molecule has 1 aliphatic carbocycles. The van der Waals surface area contributed by atoms with Crippen molar-refractivity contribution in [2.75, 3.05) is 6.61 Å². The molecule has 0 unspecified atom stereocenters. The number of hydrogen-bond acceptors (Lipinski definition) is 3. The van der Waals surface area contributed by atoms with Gasteiger partial charge in [-0.3, -0.25) is 4.79 Å². The lowest BCUT2D eigenvalue weighted by Gasteiger charge is -2.12. The lowest BCUT2D eigenvalue weighted by Crippen LogP contribution is -2.44. The molecular weight excluding hydrogens is 210 g/mol. The number of carbonyl (C=O) groups excluding carboxylic acids is 1. The number of aliphatic hydroxyl groups excluding tert-OH is 1. The summed E-state index contributed by atoms with van der Waals surface area (Å²) in [6, 6.07) is -1.21. The van der Waals surface area contributed by atoms with Crippen LogP contribution in [0.1, 0.15) is 27.7 Å². The lowest BCUT2D eigenvalue weighted by molar-refractivity contribution is -0.143. The second-order valence-electron chi connectivity index (χ2n) is 5.46. The molecule has 0 saturated heterocycles. The van der Waals surface area contributed by atoms with Crippen molar-refractivity contribution >= 4 is 11.9 Å². The highest BCUT2D eigenvalue weighted by Crippen LogP contribution is 2.68. The lowest BCUT2D eigenvalue weighted by atomic mass is 10.0. The zero-order valence-electron chi connectivity index (χ0n) is 10.1. The molecule has 5 nitrogen and oxygen atoms in total. The molecule has 0 aromatic heterocycles. The number of aliphatic carboxylic acids is 1. The van der Waals surface area contributed by atoms with Crippen LogP contribution in [0, 0.1) is 16.7 Å². The Morgan fingerprint density at radius 2 is 1.69 bits per heavy atom. The monoisotopic (exact) mass is 229 g/mol. The largest absolute Gasteiger partial charge is 0.480 e. The van der Waals surface area contributed by atoms with Crippen molar-refractivity contribution in [3.8, 4) is 0 Å². The van der Waals surface area contributed by atoms with Crippen LogP contribution < -0.4 is 5.32 Å². The highest BCUT2D eigenvalue weighted by molar-refractivity contribution is 5.88. The maximum Gasteiger partial charge on any atom is 0.328 e. The molecular formula is C11H19NO4. The van der Waals surface area contributed by atoms with Crippen LogP contribution in [0.3, 0.4) is 0 Å². The van der Waals surface area contributed by atoms with Crippen molar-refractivity contribution in [1.29, 1.82) is 0 Å². The normalized spacial score (nSPS) is 23.6. The molecule has 0 bridgehead atoms. The summed E-state index contributed by atoms with van der Waals surface area (Å²) < 4.78 is 0. The number of carbonyl (C=O) groups is 2. The van der Waals surface area contributed by atoms with Crippen molar-refractivity contribution < 1.29 is 19.8 Å². The van der Waals surface area contributed by atoms with E-state index in [1.807, 2.05) is 27.7 Å². The number of nitrogens with one attached hydrogen (secondary N) is 1. The molecule has 1 amide bonds. The Labute approximate surface area is 94.8 Å². The second-order valence-corrected chi connectivity index (χ2v) is 5.46. The van der Waals surface area contributed by atoms with E-state index in [0.717, 1.165) is 0 Å². The number of rotatable bonds is 4. The van der Waals surface area contributed by atoms with Gasteiger partial charge in [-0.15, -0.1) is 0 Å². The first-order valence-corrected chi connectivity index (χ1v) is 5.30. The van der Waals surface area contributed by atoms with E-state index in [1.54, 1.807) is 0 Å². The van der Waals surface area contributed by atoms with Gasteiger partial charge in [0.15, 0.2) is 0 Å². The van der Waals surface area contributed by atoms with Gasteiger partial charge in [-0.1, -0.05) is 27.7 Å². The number of carboxylic acid groups (broad SMARTS) is 1. The van der Waals surface area contributed by atoms with Crippen molar-refractivity contribution in [3.63, 3.8) is 0 Å². The fraction of sp³-hybridized carbons (Fsp3) is 0.818. The molecule has 1 atom stereocenters. The predicted molar refractivity (Wildman–Crippen MR) is 57.7 cm³/mol. The Hall–Kier alpha value is -1.10. The topological polar surface area (TPSA) is 86.6 Å². The minimum Gasteiger partial charge on any atom is -0.480 e. The van der Waals surface area contributed by atoms with Crippen LogP contribution in [0.4, 0.5) is 0 Å². The Balaban J connectivity index is 2.66. The van der Waals surface area contributed by atoms with E-state index < -0.39 is 18.6 Å². The van der Waals surface area contributed by atoms with Gasteiger partial charge in [0.25, 0.3) is 0 Å². The Morgan fingerprint density at radius 1 is 1.25 bits per heavy atom. The summed E-state index contributed by atoms with van der Waals surface area (Å²) in [6.07, 6.45) is 0. The fourth-order valence-electron chi connectivity index (χ4n) is 2.29. The average Bonchev–Trinajstić information content (AvgIpc) is 2.52. The van der Waals surface area contributed by atoms with Crippen molar-refractivity contribution in [3.05, 3.63) is 0 Å². The highest BCUT2D eigenvalue weighted by atomic mass is 16.4. The van der Waals surface area contributed by atoms with E-state index in [2.05, 4.69) is 5.32 Å². The summed E-state index contributed by atoms with van der Waals surface area (Å²) in [6.45, 7) is 7.32. The van der Waals surface area contributed by atoms with Gasteiger partial charge in [0.2, 0.25) is 5.91 Å². The summed E-state index contributed by atoms with van der Waals surface area (Å²) >= 11 is 0. The van der Waals surface area contributed by atoms with Crippen LogP contribution in [0.2, 0.25) is 0 Å². The molecule has 1 saturated carbocycles. The Morgan fingerprint density at radius 3 is 1.94 bits per heavy atom. The van der Waals surface area contributed by atoms with E-state index in [9.17, 15) is 9.59 Å². The first-order valence-electron chi connectivity index (χ1n) is 5.30. The molecule has 1 aliphatic rings. The van der Waals surface area contributed by atoms with Crippen LogP contribution in [-0.2, 0) is 9.59 Å². The minimum atomic E-state index is -1.22. The summed E-state index contributed by atoms with van der Waals surface area (Å²) in [4.78, 5) is 22.5. The zero-order chi connectivity index (χ0) is 12.7. The molecule has 0 aromatic rings. The van der Waals surface area contributed by atoms with Gasteiger partial charge in [0.1, 0.15) is 6.04 Å². The van der Waals surface area contributed by atoms with Crippen molar-refractivity contribution in [2.24, 2.45) is 16.7 Å². The molecule has 1 fully saturated rings. The van der Waals surface area contributed by atoms with E-state index in [-0.39, 0.29) is 22.7 Å². The quantitative estimate of drug-likeness (QED) is 0.644. The van der Waals surface area contributed by atoms with Crippen LogP contribution >= 0.6 is 0 Å². The Kier molecular flexibility index (Phi) is 3.02. The molecule has 3 N–H and O–H groups in total. The second kappa shape index (κ2) is 3.73. The number of aliphatic hydroxyl groups is 1. The molecule has 0 heterocycles. The van der Waals surface area contributed by atoms with Crippen LogP contribution in [-0.4, -0.2) is 34.7 Å². The molecule has 92 valence electrons. The molecule has 16 heavy (non-hydrogen) atoms. The number of amides is 1. The smallest absolute Gasteiger partial charge is 0.328 e. The first kappa shape index (κ1) is 13.0. The first-order chi connectivity index (χ1) is 7.16. The predicted octanol–water partition coefficient (Wildman–Crippen LogP) is 0.230. The summed E-state index contributed by atoms with van der Waals surface area (Å²) in [7, 11) is 0. The molecule has 0 aliphatic heterocycles. The van der Waals surface area contributed by atoms with Gasteiger partial charge < -0.3 is 15.5 Å². The van der Waals surface area contributed by atoms with Gasteiger partial charge in [-0.2, -0.15) is 0 Å². The third kappa shape index (κ3) is 1.80. The van der Waals surface area contributed by atoms with Crippen LogP contribution in [0.15, 0.2) is 0 Å². The van der Waals surface area contributed by atoms with Gasteiger partial charge in [0.05, 0.1) is 6.61 Å². The minimum absolute atomic E-state index is 0.129. The van der Waals surface area contributed by atoms with Crippen molar-refractivity contribution in [1.82, 2.24) is 5.32 Å². The fourth-order valence-corrected chi connectivity index (χ4v) is 2.29. The molecule has 5 heteroatoms. The van der Waals surface area contributed by atoms with E-state index >= 15 is 0 Å². The SMILES string of the molecule is CC1(C)C(C(=O)N[C@@H](CO)C(=O)O)C1(C)C. The van der Waals surface area contributed by atoms with Crippen LogP contribution in [0.5, 0.6) is 0 Å². The average molecular weight is 229 g/mol. The number of hydrogen-bond donors (Lipinski definition) is 3. The summed E-state index contributed by atoms with van der Waals surface area (Å²) in [5.74, 6) is -1.71. The standard InChI is InChI=1S/C11H19NO4/c1-10(2)7(11(10,3)4)8(14)12-6(5-13)9(15)16/h6-7,13H,5H2,1-4H3,(H,12,14)(H,15,16)/t6-/m0/s1. The highest BCUT2D eigenvalue weighted by Gasteiger charge is 2.68. The van der Waals surface area contributed by atoms with Crippen LogP contribution in [0.25, 0.3) is 0 Å². The summed E-state index contributed by atoms with van der Waals surface area (Å²) in [5, 5.41) is 19.9. The van der Waals surface area contributed by atoms with Gasteiger partial charge in [0, 0.05) is 5.92 Å². The molecule has 0 aromatic carbocycles. The van der Waals surface area contributed by atoms with E-state index in [0.29, 0.717) is 0 Å². The Bertz CT molecular complexity index is 308. The number of carboxylic acids is 1. The van der Waals surface area contributed by atoms with E-state index in [4.69, 9.17) is 10.2 Å². The third-order valence-electron chi connectivity index (χ3n) is 4.08. The zero-order valence-corrected chi connectivity index (χ0v) is 10.1. The summed E-state index contributed by atoms with van der Waals surface area (Å²) in [5.41, 5.74) is -0.259. The maximum atomic E-state index is 11.8. The van der Waals surface area contributed by atoms with Crippen molar-refractivity contribution in [2.45, 2.75) is 33.7 Å². The van der Waals surface area contributed by atoms with Gasteiger partial charge >= 0.3 is 5.97 Å². The molecule has 0 spiro atoms. The van der Waals surface area contributed by atoms with E-state index in [1.165, 1.54) is 0 Å². The maximum absolute atomic E-state index is 11.8.